The second kappa shape index (κ2) is 3.19. The highest BCUT2D eigenvalue weighted by Gasteiger charge is 1.97. The summed E-state index contributed by atoms with van der Waals surface area (Å²) in [5, 5.41) is 0. The van der Waals surface area contributed by atoms with E-state index in [0.29, 0.717) is 11.2 Å². The van der Waals surface area contributed by atoms with Crippen LogP contribution in [0.3, 0.4) is 0 Å². The monoisotopic (exact) mass is 164 g/mol. The molecule has 0 aliphatic rings. The van der Waals surface area contributed by atoms with E-state index in [1.165, 1.54) is 0 Å². The van der Waals surface area contributed by atoms with Crippen molar-refractivity contribution in [3.05, 3.63) is 0 Å². The molecule has 0 fully saturated rings. The number of carbonyl (C=O) groups is 1. The van der Waals surface area contributed by atoms with Crippen LogP contribution in [0.15, 0.2) is 0 Å². The first-order chi connectivity index (χ1) is 3.13. The van der Waals surface area contributed by atoms with Crippen LogP contribution in [0.1, 0.15) is 20.3 Å². The lowest BCUT2D eigenvalue weighted by Gasteiger charge is -1.93. The lowest BCUT2D eigenvalue weighted by Crippen LogP contribution is -1.97. The molecule has 0 aromatic carbocycles. The molecule has 0 saturated heterocycles. The molecule has 0 amide bonds. The Bertz CT molecular complexity index is 68.5. The molecule has 0 aliphatic heterocycles. The van der Waals surface area contributed by atoms with Crippen molar-refractivity contribution in [2.45, 2.75) is 25.1 Å². The number of hydrogen-bond acceptors (Lipinski definition) is 1. The first-order valence-corrected chi connectivity index (χ1v) is 3.18. The summed E-state index contributed by atoms with van der Waals surface area (Å²) >= 11 is 3.25. The molecule has 42 valence electrons. The molecule has 0 aromatic rings. The minimum atomic E-state index is 0.240. The molecule has 0 radical (unpaired) electrons. The third kappa shape index (κ3) is 6.15. The molecular weight excluding hydrogens is 156 g/mol. The Kier molecular flexibility index (Phi) is 3.26. The van der Waals surface area contributed by atoms with E-state index in [9.17, 15) is 4.79 Å². The lowest BCUT2D eigenvalue weighted by atomic mass is 10.3. The van der Waals surface area contributed by atoms with Crippen molar-refractivity contribution in [3.8, 4) is 0 Å². The van der Waals surface area contributed by atoms with Gasteiger partial charge in [0.15, 0.2) is 0 Å². The smallest absolute Gasteiger partial charge is 0.130 e. The maximum absolute atomic E-state index is 10.2. The minimum Gasteiger partial charge on any atom is -0.300 e. The van der Waals surface area contributed by atoms with Crippen LogP contribution in [0.4, 0.5) is 0 Å². The van der Waals surface area contributed by atoms with Gasteiger partial charge in [-0.25, -0.2) is 0 Å². The van der Waals surface area contributed by atoms with Gasteiger partial charge in [0.1, 0.15) is 5.78 Å². The molecular formula is C5H9BrO. The second-order valence-electron chi connectivity index (χ2n) is 1.69. The van der Waals surface area contributed by atoms with Crippen LogP contribution in [0.2, 0.25) is 0 Å². The van der Waals surface area contributed by atoms with Gasteiger partial charge in [-0.05, 0) is 6.92 Å². The normalized spacial score (nSPS) is 13.6. The van der Waals surface area contributed by atoms with E-state index in [1.54, 1.807) is 6.92 Å². The summed E-state index contributed by atoms with van der Waals surface area (Å²) in [4.78, 5) is 10.6. The summed E-state index contributed by atoms with van der Waals surface area (Å²) in [7, 11) is 0. The number of Topliss-reactive ketones (excluding diaryl/α,β-unsaturated/α-hetero) is 1. The van der Waals surface area contributed by atoms with Crippen molar-refractivity contribution in [3.63, 3.8) is 0 Å². The van der Waals surface area contributed by atoms with E-state index in [-0.39, 0.29) is 5.78 Å². The molecule has 0 saturated carbocycles. The topological polar surface area (TPSA) is 17.1 Å². The van der Waals surface area contributed by atoms with E-state index in [0.717, 1.165) is 0 Å². The minimum absolute atomic E-state index is 0.240. The average molecular weight is 165 g/mol. The number of carbonyl (C=O) groups excluding carboxylic acids is 1. The fraction of sp³-hybridized carbons (Fsp3) is 0.800. The Morgan fingerprint density at radius 2 is 2.29 bits per heavy atom. The van der Waals surface area contributed by atoms with Gasteiger partial charge in [-0.2, -0.15) is 0 Å². The first kappa shape index (κ1) is 7.15. The third-order valence-corrected chi connectivity index (χ3v) is 0.892. The Labute approximate surface area is 52.2 Å². The van der Waals surface area contributed by atoms with Crippen LogP contribution >= 0.6 is 15.9 Å². The zero-order valence-electron chi connectivity index (χ0n) is 4.57. The fourth-order valence-electron chi connectivity index (χ4n) is 0.396. The van der Waals surface area contributed by atoms with E-state index < -0.39 is 0 Å². The van der Waals surface area contributed by atoms with Gasteiger partial charge < -0.3 is 0 Å². The van der Waals surface area contributed by atoms with Gasteiger partial charge in [-0.15, -0.1) is 0 Å². The van der Waals surface area contributed by atoms with Gasteiger partial charge in [0.25, 0.3) is 0 Å². The quantitative estimate of drug-likeness (QED) is 0.569. The maximum atomic E-state index is 10.2. The number of hydrogen-bond donors (Lipinski definition) is 0. The summed E-state index contributed by atoms with van der Waals surface area (Å²) in [6.45, 7) is 3.55. The average Bonchev–Trinajstić information content (AvgIpc) is 1.27. The van der Waals surface area contributed by atoms with Crippen molar-refractivity contribution in [2.24, 2.45) is 0 Å². The highest BCUT2D eigenvalue weighted by atomic mass is 79.9. The zero-order valence-corrected chi connectivity index (χ0v) is 6.16. The molecule has 1 nitrogen and oxygen atoms in total. The number of halogens is 1. The Morgan fingerprint density at radius 1 is 1.86 bits per heavy atom. The molecule has 7 heavy (non-hydrogen) atoms. The van der Waals surface area contributed by atoms with Gasteiger partial charge in [0, 0.05) is 11.2 Å². The number of ketones is 1. The van der Waals surface area contributed by atoms with Crippen LogP contribution in [0.5, 0.6) is 0 Å². The molecule has 0 aliphatic carbocycles. The van der Waals surface area contributed by atoms with Crippen LogP contribution in [-0.2, 0) is 4.79 Å². The van der Waals surface area contributed by atoms with E-state index >= 15 is 0 Å². The molecule has 0 heterocycles. The molecule has 0 rings (SSSR count). The second-order valence-corrected chi connectivity index (χ2v) is 3.25. The number of alkyl halides is 1. The summed E-state index contributed by atoms with van der Waals surface area (Å²) in [5.74, 6) is 0.240. The highest BCUT2D eigenvalue weighted by molar-refractivity contribution is 9.09. The van der Waals surface area contributed by atoms with Gasteiger partial charge in [0.2, 0.25) is 0 Å². The van der Waals surface area contributed by atoms with Crippen LogP contribution in [0, 0.1) is 0 Å². The first-order valence-electron chi connectivity index (χ1n) is 2.26. The third-order valence-electron chi connectivity index (χ3n) is 0.569. The summed E-state index contributed by atoms with van der Waals surface area (Å²) < 4.78 is 0. The Balaban J connectivity index is 3.13. The molecule has 1 atom stereocenters. The molecule has 0 aromatic heterocycles. The molecule has 0 bridgehead atoms. The van der Waals surface area contributed by atoms with Crippen LogP contribution in [-0.4, -0.2) is 10.6 Å². The van der Waals surface area contributed by atoms with E-state index in [4.69, 9.17) is 0 Å². The SMILES string of the molecule is CC(=O)CC(C)Br. The fourth-order valence-corrected chi connectivity index (χ4v) is 0.852. The summed E-state index contributed by atoms with van der Waals surface area (Å²) in [5.41, 5.74) is 0. The summed E-state index contributed by atoms with van der Waals surface area (Å²) in [6, 6.07) is 0. The van der Waals surface area contributed by atoms with Gasteiger partial charge in [-0.3, -0.25) is 4.79 Å². The predicted molar refractivity (Wildman–Crippen MR) is 33.7 cm³/mol. The van der Waals surface area contributed by atoms with Crippen molar-refractivity contribution >= 4 is 21.7 Å². The molecule has 0 spiro atoms. The van der Waals surface area contributed by atoms with Gasteiger partial charge in [0.05, 0.1) is 0 Å². The lowest BCUT2D eigenvalue weighted by molar-refractivity contribution is -0.116. The van der Waals surface area contributed by atoms with Crippen molar-refractivity contribution in [2.75, 3.05) is 0 Å². The van der Waals surface area contributed by atoms with Crippen LogP contribution < -0.4 is 0 Å². The molecule has 1 unspecified atom stereocenters. The Hall–Kier alpha value is 0.150. The largest absolute Gasteiger partial charge is 0.300 e. The Morgan fingerprint density at radius 3 is 2.29 bits per heavy atom. The highest BCUT2D eigenvalue weighted by Crippen LogP contribution is 2.02. The van der Waals surface area contributed by atoms with Gasteiger partial charge in [-0.1, -0.05) is 22.9 Å². The molecule has 2 heteroatoms. The predicted octanol–water partition coefficient (Wildman–Crippen LogP) is 1.75. The van der Waals surface area contributed by atoms with Crippen molar-refractivity contribution in [1.29, 1.82) is 0 Å². The summed E-state index contributed by atoms with van der Waals surface area (Å²) in [6.07, 6.45) is 0.639. The van der Waals surface area contributed by atoms with Crippen LogP contribution in [0.25, 0.3) is 0 Å². The molecule has 0 N–H and O–H groups in total. The van der Waals surface area contributed by atoms with Gasteiger partial charge >= 0.3 is 0 Å². The number of rotatable bonds is 2. The van der Waals surface area contributed by atoms with E-state index in [1.807, 2.05) is 6.92 Å². The van der Waals surface area contributed by atoms with Crippen molar-refractivity contribution < 1.29 is 4.79 Å². The van der Waals surface area contributed by atoms with E-state index in [2.05, 4.69) is 15.9 Å². The maximum Gasteiger partial charge on any atom is 0.130 e. The van der Waals surface area contributed by atoms with Crippen molar-refractivity contribution in [1.82, 2.24) is 0 Å². The standard InChI is InChI=1S/C5H9BrO/c1-4(6)3-5(2)7/h4H,3H2,1-2H3. The zero-order chi connectivity index (χ0) is 5.86.